The highest BCUT2D eigenvalue weighted by Gasteiger charge is 2.31. The van der Waals surface area contributed by atoms with Gasteiger partial charge in [-0.25, -0.2) is 9.59 Å². The number of carbonyl (C=O) groups is 3. The molecule has 0 bridgehead atoms. The molecule has 10 nitrogen and oxygen atoms in total. The number of rotatable bonds is 14. The molecule has 0 unspecified atom stereocenters. The Balaban J connectivity index is 2.11. The number of ketones is 1. The summed E-state index contributed by atoms with van der Waals surface area (Å²) in [4.78, 5) is 50.8. The minimum absolute atomic E-state index is 0.0560. The maximum Gasteiger partial charge on any atom is 0.437 e. The van der Waals surface area contributed by atoms with Crippen molar-refractivity contribution in [2.45, 2.75) is 85.5 Å². The third-order valence-electron chi connectivity index (χ3n) is 5.41. The molecule has 0 aliphatic heterocycles. The lowest BCUT2D eigenvalue weighted by atomic mass is 9.98. The number of nitrogens with one attached hydrogen (secondary N) is 2. The molecule has 0 aliphatic carbocycles. The lowest BCUT2D eigenvalue weighted by Gasteiger charge is -2.24. The van der Waals surface area contributed by atoms with Crippen LogP contribution in [-0.4, -0.2) is 39.6 Å². The molecule has 0 aliphatic rings. The predicted octanol–water partition coefficient (Wildman–Crippen LogP) is 3.69. The Bertz CT molecular complexity index is 1040. The van der Waals surface area contributed by atoms with E-state index >= 15 is 0 Å². The molecule has 2 atom stereocenters. The van der Waals surface area contributed by atoms with Gasteiger partial charge in [-0.3, -0.25) is 9.59 Å². The summed E-state index contributed by atoms with van der Waals surface area (Å²) in [6.45, 7) is 10.1. The van der Waals surface area contributed by atoms with Gasteiger partial charge >= 0.3 is 11.8 Å². The Labute approximate surface area is 211 Å². The molecule has 1 aromatic carbocycles. The number of hydrogen-bond acceptors (Lipinski definition) is 7. The largest absolute Gasteiger partial charge is 0.445 e. The fourth-order valence-corrected chi connectivity index (χ4v) is 3.59. The number of alkyl carbamates (subject to hydrolysis) is 1. The average Bonchev–Trinajstić information content (AvgIpc) is 3.20. The van der Waals surface area contributed by atoms with Crippen molar-refractivity contribution >= 4 is 17.8 Å². The van der Waals surface area contributed by atoms with Crippen molar-refractivity contribution in [2.24, 2.45) is 11.8 Å². The van der Waals surface area contributed by atoms with E-state index in [-0.39, 0.29) is 24.3 Å². The first-order chi connectivity index (χ1) is 17.1. The van der Waals surface area contributed by atoms with Gasteiger partial charge in [0, 0.05) is 6.54 Å². The number of carbonyl (C=O) groups excluding carboxylic acids is 3. The van der Waals surface area contributed by atoms with Gasteiger partial charge in [-0.05, 0) is 36.7 Å². The van der Waals surface area contributed by atoms with Gasteiger partial charge in [0.25, 0.3) is 5.89 Å². The molecule has 2 rings (SSSR count). The molecule has 1 heterocycles. The Morgan fingerprint density at radius 1 is 1.00 bits per heavy atom. The van der Waals surface area contributed by atoms with Crippen LogP contribution in [0.15, 0.2) is 39.5 Å². The lowest BCUT2D eigenvalue weighted by molar-refractivity contribution is -0.124. The van der Waals surface area contributed by atoms with Gasteiger partial charge in [0.2, 0.25) is 11.7 Å². The molecular formula is C26H38N4O6. The van der Waals surface area contributed by atoms with Crippen LogP contribution in [0.4, 0.5) is 4.79 Å². The normalized spacial score (nSPS) is 12.9. The monoisotopic (exact) mass is 502 g/mol. The third kappa shape index (κ3) is 9.31. The zero-order valence-corrected chi connectivity index (χ0v) is 21.8. The van der Waals surface area contributed by atoms with Crippen LogP contribution in [0.2, 0.25) is 0 Å². The first kappa shape index (κ1) is 28.8. The van der Waals surface area contributed by atoms with E-state index in [1.807, 2.05) is 65.0 Å². The molecule has 0 saturated heterocycles. The fourth-order valence-electron chi connectivity index (χ4n) is 3.59. The van der Waals surface area contributed by atoms with E-state index in [0.717, 1.165) is 23.1 Å². The number of ether oxygens (including phenoxy) is 1. The molecule has 10 heteroatoms. The SMILES string of the molecule is CCCCn1nc(C(=O)[C@H](CC(C)C)NC(=O)[C@H](CC(C)C)NC(=O)OCc2ccccc2)oc1=O. The second-order valence-corrected chi connectivity index (χ2v) is 9.69. The minimum atomic E-state index is -0.966. The Hall–Kier alpha value is -3.43. The molecule has 0 radical (unpaired) electrons. The van der Waals surface area contributed by atoms with Crippen molar-refractivity contribution in [3.63, 3.8) is 0 Å². The van der Waals surface area contributed by atoms with Crippen LogP contribution in [0.25, 0.3) is 0 Å². The molecule has 0 spiro atoms. The summed E-state index contributed by atoms with van der Waals surface area (Å²) in [5.74, 6) is -2.01. The Kier molecular flexibility index (Phi) is 11.4. The summed E-state index contributed by atoms with van der Waals surface area (Å²) in [7, 11) is 0. The number of aryl methyl sites for hydroxylation is 1. The number of Topliss-reactive ketones (excluding diaryl/α,β-unsaturated/α-hetero) is 1. The quantitative estimate of drug-likeness (QED) is 0.376. The molecule has 36 heavy (non-hydrogen) atoms. The molecule has 198 valence electrons. The van der Waals surface area contributed by atoms with Crippen molar-refractivity contribution in [1.82, 2.24) is 20.4 Å². The average molecular weight is 503 g/mol. The van der Waals surface area contributed by atoms with Crippen molar-refractivity contribution in [3.8, 4) is 0 Å². The summed E-state index contributed by atoms with van der Waals surface area (Å²) < 4.78 is 11.5. The standard InChI is InChI=1S/C26H38N4O6/c1-6-7-13-30-26(34)36-24(29-30)22(31)20(14-17(2)3)27-23(32)21(15-18(4)5)28-25(33)35-16-19-11-9-8-10-12-19/h8-12,17-18,20-21H,6-7,13-16H2,1-5H3,(H,27,32)(H,28,33)/t20-,21-/m0/s1. The van der Waals surface area contributed by atoms with E-state index in [1.54, 1.807) is 0 Å². The summed E-state index contributed by atoms with van der Waals surface area (Å²) in [5.41, 5.74) is 0.819. The van der Waals surface area contributed by atoms with Crippen molar-refractivity contribution in [1.29, 1.82) is 0 Å². The van der Waals surface area contributed by atoms with Gasteiger partial charge in [0.15, 0.2) is 0 Å². The third-order valence-corrected chi connectivity index (χ3v) is 5.41. The summed E-state index contributed by atoms with van der Waals surface area (Å²) in [5, 5.41) is 9.37. The van der Waals surface area contributed by atoms with Crippen molar-refractivity contribution in [2.75, 3.05) is 0 Å². The second-order valence-electron chi connectivity index (χ2n) is 9.69. The topological polar surface area (TPSA) is 133 Å². The summed E-state index contributed by atoms with van der Waals surface area (Å²) in [6.07, 6.45) is 1.49. The van der Waals surface area contributed by atoms with E-state index in [2.05, 4.69) is 15.7 Å². The van der Waals surface area contributed by atoms with E-state index < -0.39 is 35.6 Å². The van der Waals surface area contributed by atoms with E-state index in [0.29, 0.717) is 19.4 Å². The van der Waals surface area contributed by atoms with Crippen LogP contribution in [0.5, 0.6) is 0 Å². The maximum atomic E-state index is 13.2. The molecule has 2 N–H and O–H groups in total. The molecular weight excluding hydrogens is 464 g/mol. The highest BCUT2D eigenvalue weighted by molar-refractivity contribution is 5.99. The number of amides is 2. The van der Waals surface area contributed by atoms with Crippen LogP contribution in [-0.2, 0) is 22.7 Å². The number of aromatic nitrogens is 2. The lowest BCUT2D eigenvalue weighted by Crippen LogP contribution is -2.52. The highest BCUT2D eigenvalue weighted by Crippen LogP contribution is 2.12. The molecule has 0 fully saturated rings. The summed E-state index contributed by atoms with van der Waals surface area (Å²) in [6, 6.07) is 7.32. The smallest absolute Gasteiger partial charge is 0.437 e. The first-order valence-corrected chi connectivity index (χ1v) is 12.5. The number of nitrogens with zero attached hydrogens (tertiary/aromatic N) is 2. The highest BCUT2D eigenvalue weighted by atomic mass is 16.5. The van der Waals surface area contributed by atoms with Crippen molar-refractivity contribution < 1.29 is 23.5 Å². The van der Waals surface area contributed by atoms with Gasteiger partial charge in [0.05, 0.1) is 6.04 Å². The number of benzene rings is 1. The van der Waals surface area contributed by atoms with Gasteiger partial charge < -0.3 is 19.8 Å². The molecule has 2 aromatic rings. The van der Waals surface area contributed by atoms with Crippen LogP contribution >= 0.6 is 0 Å². The van der Waals surface area contributed by atoms with E-state index in [1.165, 1.54) is 0 Å². The van der Waals surface area contributed by atoms with E-state index in [9.17, 15) is 19.2 Å². The van der Waals surface area contributed by atoms with Crippen LogP contribution in [0.1, 0.15) is 76.6 Å². The summed E-state index contributed by atoms with van der Waals surface area (Å²) >= 11 is 0. The maximum absolute atomic E-state index is 13.2. The second kappa shape index (κ2) is 14.2. The van der Waals surface area contributed by atoms with Gasteiger partial charge in [-0.15, -0.1) is 5.10 Å². The minimum Gasteiger partial charge on any atom is -0.445 e. The zero-order chi connectivity index (χ0) is 26.7. The molecule has 2 amide bonds. The van der Waals surface area contributed by atoms with Crippen molar-refractivity contribution in [3.05, 3.63) is 52.3 Å². The van der Waals surface area contributed by atoms with Gasteiger partial charge in [-0.1, -0.05) is 71.4 Å². The molecule has 0 saturated carbocycles. The van der Waals surface area contributed by atoms with Crippen LogP contribution in [0, 0.1) is 11.8 Å². The predicted molar refractivity (Wildman–Crippen MR) is 134 cm³/mol. The number of hydrogen-bond donors (Lipinski definition) is 2. The molecule has 1 aromatic heterocycles. The zero-order valence-electron chi connectivity index (χ0n) is 21.8. The Morgan fingerprint density at radius 2 is 1.64 bits per heavy atom. The van der Waals surface area contributed by atoms with E-state index in [4.69, 9.17) is 9.15 Å². The van der Waals surface area contributed by atoms with Crippen LogP contribution in [0.3, 0.4) is 0 Å². The Morgan fingerprint density at radius 3 is 2.25 bits per heavy atom. The van der Waals surface area contributed by atoms with Crippen LogP contribution < -0.4 is 16.4 Å². The number of unbranched alkanes of at least 4 members (excludes halogenated alkanes) is 1. The fraction of sp³-hybridized carbons (Fsp3) is 0.577. The first-order valence-electron chi connectivity index (χ1n) is 12.5. The van der Waals surface area contributed by atoms with Gasteiger partial charge in [0.1, 0.15) is 12.6 Å². The van der Waals surface area contributed by atoms with Gasteiger partial charge in [-0.2, -0.15) is 4.68 Å².